The third-order valence-corrected chi connectivity index (χ3v) is 5.30. The van der Waals surface area contributed by atoms with E-state index in [4.69, 9.17) is 4.74 Å². The Morgan fingerprint density at radius 3 is 2.85 bits per heavy atom. The molecular formula is C20H14N2O5. The minimum atomic E-state index is -1.09. The van der Waals surface area contributed by atoms with Crippen LogP contribution in [0.25, 0.3) is 22.3 Å². The molecule has 2 aliphatic rings. The van der Waals surface area contributed by atoms with Crippen LogP contribution in [0.5, 0.6) is 5.75 Å². The van der Waals surface area contributed by atoms with E-state index in [-0.39, 0.29) is 17.9 Å². The maximum Gasteiger partial charge on any atom is 0.321 e. The molecule has 7 nitrogen and oxygen atoms in total. The van der Waals surface area contributed by atoms with Crippen LogP contribution in [0, 0.1) is 6.92 Å². The topological polar surface area (TPSA) is 98.5 Å². The summed E-state index contributed by atoms with van der Waals surface area (Å²) in [5, 5.41) is 10.8. The van der Waals surface area contributed by atoms with E-state index in [1.165, 1.54) is 0 Å². The predicted octanol–water partition coefficient (Wildman–Crippen LogP) is 1.78. The molecule has 27 heavy (non-hydrogen) atoms. The number of phenolic OH excluding ortho intramolecular Hbond substituents is 1. The summed E-state index contributed by atoms with van der Waals surface area (Å²) in [5.41, 5.74) is 3.87. The van der Waals surface area contributed by atoms with Gasteiger partial charge in [0.05, 0.1) is 29.0 Å². The van der Waals surface area contributed by atoms with Crippen molar-refractivity contribution in [3.63, 3.8) is 0 Å². The molecule has 0 fully saturated rings. The fourth-order valence-corrected chi connectivity index (χ4v) is 3.85. The Labute approximate surface area is 152 Å². The SMILES string of the molecule is Cc1cc2cc3c(nc2cc1O)-c1cc2c(c(=O)n1C3)COC(=O)C2C=O. The first-order valence-electron chi connectivity index (χ1n) is 8.50. The maximum atomic E-state index is 12.9. The fourth-order valence-electron chi connectivity index (χ4n) is 3.85. The van der Waals surface area contributed by atoms with Crippen LogP contribution in [0.4, 0.5) is 0 Å². The molecule has 1 N–H and O–H groups in total. The van der Waals surface area contributed by atoms with E-state index in [0.717, 1.165) is 16.5 Å². The monoisotopic (exact) mass is 362 g/mol. The standard InChI is InChI=1S/C20H14N2O5/c1-9-2-10-3-11-6-22-16(18(11)21-15(10)5-17(9)24)4-12-13(7-23)20(26)27-8-14(12)19(22)25/h2-5,7,13,24H,6,8H2,1H3. The number of ether oxygens (including phenoxy) is 1. The summed E-state index contributed by atoms with van der Waals surface area (Å²) in [6.07, 6.45) is 0.501. The molecule has 1 atom stereocenters. The van der Waals surface area contributed by atoms with E-state index in [9.17, 15) is 19.5 Å². The molecule has 0 radical (unpaired) electrons. The molecule has 7 heteroatoms. The van der Waals surface area contributed by atoms with Crippen LogP contribution in [0.2, 0.25) is 0 Å². The zero-order valence-corrected chi connectivity index (χ0v) is 14.4. The maximum absolute atomic E-state index is 12.9. The van der Waals surface area contributed by atoms with Gasteiger partial charge in [-0.25, -0.2) is 4.98 Å². The summed E-state index contributed by atoms with van der Waals surface area (Å²) in [6.45, 7) is 2.04. The van der Waals surface area contributed by atoms with Crippen LogP contribution < -0.4 is 5.56 Å². The van der Waals surface area contributed by atoms with Gasteiger partial charge in [-0.2, -0.15) is 0 Å². The molecule has 2 aromatic heterocycles. The van der Waals surface area contributed by atoms with Crippen LogP contribution in [0.3, 0.4) is 0 Å². The van der Waals surface area contributed by atoms with E-state index in [1.807, 2.05) is 19.1 Å². The highest BCUT2D eigenvalue weighted by Gasteiger charge is 2.34. The highest BCUT2D eigenvalue weighted by molar-refractivity contribution is 5.96. The van der Waals surface area contributed by atoms with Crippen molar-refractivity contribution in [1.82, 2.24) is 9.55 Å². The number of benzene rings is 1. The minimum Gasteiger partial charge on any atom is -0.508 e. The lowest BCUT2D eigenvalue weighted by Crippen LogP contribution is -2.33. The number of pyridine rings is 2. The molecule has 134 valence electrons. The number of carbonyl (C=O) groups excluding carboxylic acids is 2. The molecule has 0 saturated heterocycles. The van der Waals surface area contributed by atoms with Crippen molar-refractivity contribution in [2.75, 3.05) is 0 Å². The summed E-state index contributed by atoms with van der Waals surface area (Å²) >= 11 is 0. The number of esters is 1. The van der Waals surface area contributed by atoms with Gasteiger partial charge in [-0.05, 0) is 36.2 Å². The van der Waals surface area contributed by atoms with E-state index < -0.39 is 11.9 Å². The first-order chi connectivity index (χ1) is 13.0. The molecule has 4 heterocycles. The van der Waals surface area contributed by atoms with E-state index in [0.29, 0.717) is 40.9 Å². The first-order valence-corrected chi connectivity index (χ1v) is 8.50. The van der Waals surface area contributed by atoms with Crippen molar-refractivity contribution < 1.29 is 19.4 Å². The number of phenols is 1. The second-order valence-electron chi connectivity index (χ2n) is 6.90. The lowest BCUT2D eigenvalue weighted by atomic mass is 9.93. The zero-order chi connectivity index (χ0) is 18.9. The van der Waals surface area contributed by atoms with Gasteiger partial charge in [-0.3, -0.25) is 9.59 Å². The molecule has 0 aliphatic carbocycles. The molecule has 0 saturated carbocycles. The molecule has 0 bridgehead atoms. The number of carbonyl (C=O) groups is 2. The number of cyclic esters (lactones) is 1. The number of nitrogens with zero attached hydrogens (tertiary/aromatic N) is 2. The lowest BCUT2D eigenvalue weighted by molar-refractivity contribution is -0.149. The van der Waals surface area contributed by atoms with Crippen LogP contribution in [-0.2, 0) is 27.5 Å². The molecular weight excluding hydrogens is 348 g/mol. The van der Waals surface area contributed by atoms with Crippen LogP contribution in [0.1, 0.15) is 28.2 Å². The molecule has 0 amide bonds. The van der Waals surface area contributed by atoms with E-state index >= 15 is 0 Å². The molecule has 2 aliphatic heterocycles. The van der Waals surface area contributed by atoms with Gasteiger partial charge in [0.25, 0.3) is 5.56 Å². The van der Waals surface area contributed by atoms with Gasteiger partial charge < -0.3 is 19.2 Å². The average Bonchev–Trinajstić information content (AvgIpc) is 2.99. The number of fused-ring (bicyclic) bond motifs is 5. The van der Waals surface area contributed by atoms with Gasteiger partial charge in [0.15, 0.2) is 0 Å². The average molecular weight is 362 g/mol. The fraction of sp³-hybridized carbons (Fsp3) is 0.200. The van der Waals surface area contributed by atoms with E-state index in [1.54, 1.807) is 16.7 Å². The summed E-state index contributed by atoms with van der Waals surface area (Å²) in [6, 6.07) is 7.09. The quantitative estimate of drug-likeness (QED) is 0.315. The molecule has 1 unspecified atom stereocenters. The number of rotatable bonds is 1. The highest BCUT2D eigenvalue weighted by Crippen LogP contribution is 2.36. The van der Waals surface area contributed by atoms with Gasteiger partial charge in [0.1, 0.15) is 24.6 Å². The van der Waals surface area contributed by atoms with Gasteiger partial charge in [0, 0.05) is 17.0 Å². The van der Waals surface area contributed by atoms with Gasteiger partial charge >= 0.3 is 5.97 Å². The lowest BCUT2D eigenvalue weighted by Gasteiger charge is -2.21. The normalized spacial score (nSPS) is 17.2. The van der Waals surface area contributed by atoms with Crippen molar-refractivity contribution in [2.45, 2.75) is 26.0 Å². The number of hydrogen-bond acceptors (Lipinski definition) is 6. The summed E-state index contributed by atoms with van der Waals surface area (Å²) in [7, 11) is 0. The Kier molecular flexibility index (Phi) is 3.07. The molecule has 5 rings (SSSR count). The Morgan fingerprint density at radius 2 is 2.07 bits per heavy atom. The van der Waals surface area contributed by atoms with Crippen LogP contribution in [-0.4, -0.2) is 26.9 Å². The smallest absolute Gasteiger partial charge is 0.321 e. The molecule has 3 aromatic rings. The summed E-state index contributed by atoms with van der Waals surface area (Å²) in [4.78, 5) is 40.8. The van der Waals surface area contributed by atoms with Crippen LogP contribution in [0.15, 0.2) is 29.1 Å². The number of hydrogen-bond donors (Lipinski definition) is 1. The Morgan fingerprint density at radius 1 is 1.26 bits per heavy atom. The Balaban J connectivity index is 1.78. The largest absolute Gasteiger partial charge is 0.508 e. The van der Waals surface area contributed by atoms with Crippen molar-refractivity contribution >= 4 is 23.2 Å². The van der Waals surface area contributed by atoms with Crippen molar-refractivity contribution in [3.05, 3.63) is 56.9 Å². The van der Waals surface area contributed by atoms with Crippen molar-refractivity contribution in [1.29, 1.82) is 0 Å². The summed E-state index contributed by atoms with van der Waals surface area (Å²) in [5.74, 6) is -1.59. The first kappa shape index (κ1) is 15.7. The third kappa shape index (κ3) is 2.08. The Bertz CT molecular complexity index is 1240. The zero-order valence-electron chi connectivity index (χ0n) is 14.4. The molecule has 0 spiro atoms. The van der Waals surface area contributed by atoms with Gasteiger partial charge in [-0.1, -0.05) is 0 Å². The molecule has 1 aromatic carbocycles. The van der Waals surface area contributed by atoms with Gasteiger partial charge in [-0.15, -0.1) is 0 Å². The second-order valence-corrected chi connectivity index (χ2v) is 6.90. The second kappa shape index (κ2) is 5.26. The Hall–Kier alpha value is -3.48. The minimum absolute atomic E-state index is 0.129. The van der Waals surface area contributed by atoms with Crippen molar-refractivity contribution in [2.24, 2.45) is 0 Å². The van der Waals surface area contributed by atoms with Crippen LogP contribution >= 0.6 is 0 Å². The highest BCUT2D eigenvalue weighted by atomic mass is 16.5. The van der Waals surface area contributed by atoms with Gasteiger partial charge in [0.2, 0.25) is 0 Å². The summed E-state index contributed by atoms with van der Waals surface area (Å²) < 4.78 is 6.57. The number of aromatic nitrogens is 2. The number of aryl methyl sites for hydroxylation is 1. The van der Waals surface area contributed by atoms with E-state index in [2.05, 4.69) is 4.98 Å². The van der Waals surface area contributed by atoms with Crippen molar-refractivity contribution in [3.8, 4) is 17.1 Å². The number of aromatic hydroxyl groups is 1. The third-order valence-electron chi connectivity index (χ3n) is 5.30. The number of aldehydes is 1. The predicted molar refractivity (Wildman–Crippen MR) is 95.5 cm³/mol.